The first-order valence-electron chi connectivity index (χ1n) is 14.2. The average molecular weight is 612 g/mol. The number of aromatic nitrogens is 2. The van der Waals surface area contributed by atoms with Crippen molar-refractivity contribution in [2.75, 3.05) is 12.0 Å². The number of hydrogen-bond acceptors (Lipinski definition) is 8. The molecule has 44 heavy (non-hydrogen) atoms. The number of anilines is 1. The second-order valence-corrected chi connectivity index (χ2v) is 11.1. The van der Waals surface area contributed by atoms with Gasteiger partial charge in [-0.2, -0.15) is 8.75 Å². The van der Waals surface area contributed by atoms with Crippen molar-refractivity contribution < 1.29 is 28.2 Å². The van der Waals surface area contributed by atoms with Crippen LogP contribution in [0.3, 0.4) is 0 Å². The highest BCUT2D eigenvalue weighted by Crippen LogP contribution is 2.48. The van der Waals surface area contributed by atoms with Crippen LogP contribution in [0.15, 0.2) is 91.0 Å². The molecule has 0 N–H and O–H groups in total. The van der Waals surface area contributed by atoms with Crippen LogP contribution in [-0.2, 0) is 20.9 Å². The highest BCUT2D eigenvalue weighted by atomic mass is 32.1. The molecule has 6 rings (SSSR count). The Kier molecular flexibility index (Phi) is 8.51. The Labute approximate surface area is 258 Å². The largest absolute Gasteiger partial charge is 0.497 e. The van der Waals surface area contributed by atoms with E-state index in [1.807, 2.05) is 66.7 Å². The van der Waals surface area contributed by atoms with Crippen molar-refractivity contribution in [2.45, 2.75) is 38.5 Å². The second-order valence-electron chi connectivity index (χ2n) is 10.6. The van der Waals surface area contributed by atoms with Crippen LogP contribution >= 0.6 is 11.7 Å². The molecule has 1 aliphatic heterocycles. The van der Waals surface area contributed by atoms with Crippen molar-refractivity contribution in [3.8, 4) is 11.5 Å². The van der Waals surface area contributed by atoms with Crippen LogP contribution in [0.5, 0.6) is 11.5 Å². The van der Waals surface area contributed by atoms with Crippen molar-refractivity contribution >= 4 is 40.3 Å². The molecule has 10 heteroatoms. The summed E-state index contributed by atoms with van der Waals surface area (Å²) in [6, 6.07) is 26.7. The van der Waals surface area contributed by atoms with Gasteiger partial charge in [0.05, 0.1) is 36.5 Å². The van der Waals surface area contributed by atoms with Gasteiger partial charge in [-0.25, -0.2) is 4.39 Å². The van der Waals surface area contributed by atoms with E-state index in [1.165, 1.54) is 19.1 Å². The van der Waals surface area contributed by atoms with Crippen molar-refractivity contribution in [3.05, 3.63) is 114 Å². The summed E-state index contributed by atoms with van der Waals surface area (Å²) in [6.07, 6.45) is 0.254. The van der Waals surface area contributed by atoms with Crippen LogP contribution in [0.2, 0.25) is 0 Å². The zero-order chi connectivity index (χ0) is 30.6. The number of methoxy groups -OCH3 is 1. The fourth-order valence-electron chi connectivity index (χ4n) is 5.62. The maximum Gasteiger partial charge on any atom is 0.303 e. The molecule has 5 aromatic rings. The van der Waals surface area contributed by atoms with Crippen molar-refractivity contribution in [2.24, 2.45) is 5.92 Å². The Balaban J connectivity index is 1.24. The molecule has 0 bridgehead atoms. The van der Waals surface area contributed by atoms with Gasteiger partial charge in [-0.1, -0.05) is 42.5 Å². The quantitative estimate of drug-likeness (QED) is 0.115. The maximum absolute atomic E-state index is 13.8. The number of esters is 1. The normalized spacial score (nSPS) is 16.8. The summed E-state index contributed by atoms with van der Waals surface area (Å²) in [5.74, 6) is 0.258. The van der Waals surface area contributed by atoms with Crippen LogP contribution in [0.4, 0.5) is 10.1 Å². The number of carbonyl (C=O) groups excluding carboxylic acids is 2. The predicted octanol–water partition coefficient (Wildman–Crippen LogP) is 7.21. The number of nitrogens with zero attached hydrogens (tertiary/aromatic N) is 3. The van der Waals surface area contributed by atoms with E-state index in [0.717, 1.165) is 34.1 Å². The molecule has 8 nitrogen and oxygen atoms in total. The van der Waals surface area contributed by atoms with Gasteiger partial charge in [0, 0.05) is 6.92 Å². The molecule has 0 saturated carbocycles. The third-order valence-corrected chi connectivity index (χ3v) is 8.36. The smallest absolute Gasteiger partial charge is 0.303 e. The second kappa shape index (κ2) is 12.8. The first-order chi connectivity index (χ1) is 21.4. The lowest BCUT2D eigenvalue weighted by atomic mass is 9.78. The van der Waals surface area contributed by atoms with E-state index in [1.54, 1.807) is 24.1 Å². The van der Waals surface area contributed by atoms with E-state index in [4.69, 9.17) is 14.2 Å². The van der Waals surface area contributed by atoms with Gasteiger partial charge in [-0.15, -0.1) is 0 Å². The Bertz CT molecular complexity index is 1760. The van der Waals surface area contributed by atoms with Gasteiger partial charge in [0.25, 0.3) is 0 Å². The minimum Gasteiger partial charge on any atom is -0.497 e. The molecule has 1 amide bonds. The number of amides is 1. The van der Waals surface area contributed by atoms with E-state index in [0.29, 0.717) is 42.0 Å². The number of fused-ring (bicyclic) bond motifs is 1. The van der Waals surface area contributed by atoms with E-state index < -0.39 is 12.1 Å². The van der Waals surface area contributed by atoms with E-state index in [-0.39, 0.29) is 23.7 Å². The number of carbonyl (C=O) groups is 2. The van der Waals surface area contributed by atoms with Gasteiger partial charge in [-0.05, 0) is 78.1 Å². The third kappa shape index (κ3) is 6.12. The summed E-state index contributed by atoms with van der Waals surface area (Å²) >= 11 is 1.11. The zero-order valence-corrected chi connectivity index (χ0v) is 25.0. The minimum atomic E-state index is -0.601. The SMILES string of the molecule is COc1ccc(COc2ccc([C@@H]3[C@@H](CC[C@H](OC(C)=O)c4ccc(F)cc4)C(=O)N3c3cccc4nsnc34)cc2)cc1. The standard InChI is InChI=1S/C34H30FN3O5S/c1-21(39)43-31(23-8-12-25(35)13-9-23)19-18-28-33(38(34(28)40)30-5-3-4-29-32(30)37-44-36-29)24-10-16-27(17-11-24)42-20-22-6-14-26(41-2)15-7-22/h3-17,28,31,33H,18-20H2,1-2H3/t28-,31+,33-/m1/s1. The van der Waals surface area contributed by atoms with Crippen LogP contribution in [-0.4, -0.2) is 27.7 Å². The van der Waals surface area contributed by atoms with Crippen LogP contribution in [0, 0.1) is 11.7 Å². The monoisotopic (exact) mass is 611 g/mol. The number of halogens is 1. The summed E-state index contributed by atoms with van der Waals surface area (Å²) in [6.45, 7) is 1.75. The predicted molar refractivity (Wildman–Crippen MR) is 165 cm³/mol. The molecule has 1 fully saturated rings. The molecule has 0 unspecified atom stereocenters. The van der Waals surface area contributed by atoms with Crippen molar-refractivity contribution in [3.63, 3.8) is 0 Å². The van der Waals surface area contributed by atoms with Gasteiger partial charge in [-0.3, -0.25) is 9.59 Å². The molecular weight excluding hydrogens is 581 g/mol. The highest BCUT2D eigenvalue weighted by molar-refractivity contribution is 7.00. The van der Waals surface area contributed by atoms with E-state index in [9.17, 15) is 14.0 Å². The molecule has 1 saturated heterocycles. The van der Waals surface area contributed by atoms with Crippen molar-refractivity contribution in [1.82, 2.24) is 8.75 Å². The number of benzene rings is 4. The molecule has 0 spiro atoms. The van der Waals surface area contributed by atoms with E-state index in [2.05, 4.69) is 8.75 Å². The molecule has 1 aromatic heterocycles. The third-order valence-electron chi connectivity index (χ3n) is 7.81. The van der Waals surface area contributed by atoms with Crippen LogP contribution in [0.1, 0.15) is 48.6 Å². The number of ether oxygens (including phenoxy) is 3. The van der Waals surface area contributed by atoms with Gasteiger partial charge in [0.15, 0.2) is 0 Å². The fourth-order valence-corrected chi connectivity index (χ4v) is 6.16. The highest BCUT2D eigenvalue weighted by Gasteiger charge is 2.49. The first kappa shape index (κ1) is 29.3. The molecular formula is C34H30FN3O5S. The topological polar surface area (TPSA) is 90.9 Å². The van der Waals surface area contributed by atoms with Gasteiger partial charge in [0.2, 0.25) is 5.91 Å². The van der Waals surface area contributed by atoms with Gasteiger partial charge in [0.1, 0.15) is 41.1 Å². The molecule has 224 valence electrons. The molecule has 4 aromatic carbocycles. The molecule has 2 heterocycles. The number of hydrogen-bond donors (Lipinski definition) is 0. The Morgan fingerprint density at radius 3 is 2.39 bits per heavy atom. The molecule has 0 aliphatic carbocycles. The number of rotatable bonds is 11. The lowest BCUT2D eigenvalue weighted by Gasteiger charge is -2.48. The lowest BCUT2D eigenvalue weighted by molar-refractivity contribution is -0.147. The van der Waals surface area contributed by atoms with Gasteiger partial charge >= 0.3 is 5.97 Å². The Morgan fingerprint density at radius 2 is 1.68 bits per heavy atom. The average Bonchev–Trinajstić information content (AvgIpc) is 3.53. The lowest BCUT2D eigenvalue weighted by Crippen LogP contribution is -2.55. The summed E-state index contributed by atoms with van der Waals surface area (Å²) in [4.78, 5) is 27.5. The molecule has 1 aliphatic rings. The first-order valence-corrected chi connectivity index (χ1v) is 15.0. The summed E-state index contributed by atoms with van der Waals surface area (Å²) in [7, 11) is 1.63. The minimum absolute atomic E-state index is 0.0454. The Hall–Kier alpha value is -4.83. The summed E-state index contributed by atoms with van der Waals surface area (Å²) < 4.78 is 39.2. The summed E-state index contributed by atoms with van der Waals surface area (Å²) in [5, 5.41) is 0. The zero-order valence-electron chi connectivity index (χ0n) is 24.2. The molecule has 3 atom stereocenters. The summed E-state index contributed by atoms with van der Waals surface area (Å²) in [5.41, 5.74) is 4.75. The number of β-lactam (4-membered cyclic amide) rings is 1. The fraction of sp³-hybridized carbons (Fsp3) is 0.235. The van der Waals surface area contributed by atoms with Crippen molar-refractivity contribution in [1.29, 1.82) is 0 Å². The van der Waals surface area contributed by atoms with Gasteiger partial charge < -0.3 is 19.1 Å². The Morgan fingerprint density at radius 1 is 0.955 bits per heavy atom. The molecule has 0 radical (unpaired) electrons. The maximum atomic E-state index is 13.8. The van der Waals surface area contributed by atoms with E-state index >= 15 is 0 Å². The van der Waals surface area contributed by atoms with Crippen LogP contribution in [0.25, 0.3) is 11.0 Å². The van der Waals surface area contributed by atoms with Crippen LogP contribution < -0.4 is 14.4 Å².